The number of aryl methyl sites for hydroxylation is 1. The quantitative estimate of drug-likeness (QED) is 0.636. The van der Waals surface area contributed by atoms with Crippen molar-refractivity contribution in [2.24, 2.45) is 0 Å². The summed E-state index contributed by atoms with van der Waals surface area (Å²) in [5.41, 5.74) is 5.84. The van der Waals surface area contributed by atoms with E-state index in [1.54, 1.807) is 12.0 Å². The first-order valence-corrected chi connectivity index (χ1v) is 11.0. The lowest BCUT2D eigenvalue weighted by Gasteiger charge is -2.15. The van der Waals surface area contributed by atoms with Gasteiger partial charge in [0.1, 0.15) is 17.5 Å². The third-order valence-electron chi connectivity index (χ3n) is 6.12. The average molecular weight is 447 g/mol. The number of amides is 2. The SMILES string of the molecule is COc1ccc(-c2noc3c2CCCc2cc(N4CC(CNC(C)=O)OC4=O)ccc2-3)cc1. The minimum absolute atomic E-state index is 0.147. The number of carbonyl (C=O) groups excluding carboxylic acids is 2. The smallest absolute Gasteiger partial charge is 0.414 e. The summed E-state index contributed by atoms with van der Waals surface area (Å²) in [5.74, 6) is 1.43. The van der Waals surface area contributed by atoms with E-state index in [-0.39, 0.29) is 12.0 Å². The fourth-order valence-electron chi connectivity index (χ4n) is 4.46. The highest BCUT2D eigenvalue weighted by molar-refractivity contribution is 5.90. The van der Waals surface area contributed by atoms with Crippen LogP contribution in [0.3, 0.4) is 0 Å². The molecule has 5 rings (SSSR count). The Kier molecular flexibility index (Phi) is 5.50. The van der Waals surface area contributed by atoms with Gasteiger partial charge in [-0.15, -0.1) is 0 Å². The highest BCUT2D eigenvalue weighted by Crippen LogP contribution is 2.39. The maximum atomic E-state index is 12.4. The monoisotopic (exact) mass is 447 g/mol. The molecule has 2 aliphatic rings. The fraction of sp³-hybridized carbons (Fsp3) is 0.320. The first kappa shape index (κ1) is 21.1. The molecule has 1 aliphatic carbocycles. The van der Waals surface area contributed by atoms with Crippen LogP contribution in [0.4, 0.5) is 10.5 Å². The molecule has 3 aromatic rings. The van der Waals surface area contributed by atoms with Crippen molar-refractivity contribution < 1.29 is 23.6 Å². The number of benzene rings is 2. The van der Waals surface area contributed by atoms with Gasteiger partial charge in [-0.1, -0.05) is 5.16 Å². The van der Waals surface area contributed by atoms with Gasteiger partial charge in [0, 0.05) is 29.3 Å². The highest BCUT2D eigenvalue weighted by Gasteiger charge is 2.33. The number of rotatable bonds is 5. The van der Waals surface area contributed by atoms with E-state index in [1.165, 1.54) is 6.92 Å². The number of carbonyl (C=O) groups is 2. The predicted octanol–water partition coefficient (Wildman–Crippen LogP) is 3.97. The van der Waals surface area contributed by atoms with E-state index in [0.29, 0.717) is 13.1 Å². The second-order valence-electron chi connectivity index (χ2n) is 8.32. The van der Waals surface area contributed by atoms with E-state index in [4.69, 9.17) is 14.0 Å². The standard InChI is InChI=1S/C25H25N3O5/c1-15(29)26-13-20-14-28(25(30)32-20)18-8-11-21-17(12-18)4-3-5-22-23(27-33-24(21)22)16-6-9-19(31-2)10-7-16/h6-12,20H,3-5,13-14H2,1-2H3,(H,26,29). The molecule has 8 heteroatoms. The number of hydrogen-bond donors (Lipinski definition) is 1. The second kappa shape index (κ2) is 8.61. The van der Waals surface area contributed by atoms with E-state index < -0.39 is 6.09 Å². The van der Waals surface area contributed by atoms with E-state index in [2.05, 4.69) is 10.5 Å². The number of methoxy groups -OCH3 is 1. The van der Waals surface area contributed by atoms with Gasteiger partial charge in [-0.05, 0) is 67.3 Å². The molecule has 170 valence electrons. The first-order valence-electron chi connectivity index (χ1n) is 11.0. The zero-order valence-corrected chi connectivity index (χ0v) is 18.6. The maximum absolute atomic E-state index is 12.4. The first-order chi connectivity index (χ1) is 16.0. The topological polar surface area (TPSA) is 93.9 Å². The van der Waals surface area contributed by atoms with Crippen molar-refractivity contribution in [3.63, 3.8) is 0 Å². The summed E-state index contributed by atoms with van der Waals surface area (Å²) in [6, 6.07) is 13.7. The Bertz CT molecular complexity index is 1200. The molecule has 1 fully saturated rings. The molecule has 8 nitrogen and oxygen atoms in total. The number of nitrogens with one attached hydrogen (secondary N) is 1. The Morgan fingerprint density at radius 2 is 2.03 bits per heavy atom. The molecule has 1 N–H and O–H groups in total. The van der Waals surface area contributed by atoms with Crippen molar-refractivity contribution in [3.8, 4) is 28.3 Å². The Morgan fingerprint density at radius 1 is 1.21 bits per heavy atom. The Hall–Kier alpha value is -3.81. The fourth-order valence-corrected chi connectivity index (χ4v) is 4.46. The van der Waals surface area contributed by atoms with Gasteiger partial charge in [-0.3, -0.25) is 9.69 Å². The minimum atomic E-state index is -0.402. The zero-order valence-electron chi connectivity index (χ0n) is 18.6. The van der Waals surface area contributed by atoms with Crippen molar-refractivity contribution in [2.45, 2.75) is 32.3 Å². The van der Waals surface area contributed by atoms with Crippen molar-refractivity contribution >= 4 is 17.7 Å². The molecule has 1 aliphatic heterocycles. The lowest BCUT2D eigenvalue weighted by Crippen LogP contribution is -2.33. The van der Waals surface area contributed by atoms with Gasteiger partial charge in [-0.2, -0.15) is 0 Å². The normalized spacial score (nSPS) is 17.1. The molecule has 2 aromatic carbocycles. The molecule has 1 atom stereocenters. The molecular weight excluding hydrogens is 422 g/mol. The van der Waals surface area contributed by atoms with Gasteiger partial charge >= 0.3 is 6.09 Å². The number of aromatic nitrogens is 1. The van der Waals surface area contributed by atoms with Crippen LogP contribution in [0, 0.1) is 0 Å². The highest BCUT2D eigenvalue weighted by atomic mass is 16.6. The minimum Gasteiger partial charge on any atom is -0.497 e. The lowest BCUT2D eigenvalue weighted by atomic mass is 10.00. The van der Waals surface area contributed by atoms with Crippen LogP contribution in [0.5, 0.6) is 5.75 Å². The second-order valence-corrected chi connectivity index (χ2v) is 8.32. The number of fused-ring (bicyclic) bond motifs is 3. The van der Waals surface area contributed by atoms with Gasteiger partial charge in [-0.25, -0.2) is 4.79 Å². The summed E-state index contributed by atoms with van der Waals surface area (Å²) >= 11 is 0. The number of nitrogens with zero attached hydrogens (tertiary/aromatic N) is 2. The van der Waals surface area contributed by atoms with Crippen LogP contribution in [0.2, 0.25) is 0 Å². The van der Waals surface area contributed by atoms with Gasteiger partial charge in [0.2, 0.25) is 5.91 Å². The molecule has 1 unspecified atom stereocenters. The number of ether oxygens (including phenoxy) is 2. The van der Waals surface area contributed by atoms with Crippen LogP contribution < -0.4 is 15.0 Å². The molecule has 0 bridgehead atoms. The van der Waals surface area contributed by atoms with Crippen molar-refractivity contribution in [1.82, 2.24) is 10.5 Å². The van der Waals surface area contributed by atoms with E-state index in [1.807, 2.05) is 42.5 Å². The van der Waals surface area contributed by atoms with Crippen molar-refractivity contribution in [3.05, 3.63) is 53.6 Å². The Balaban J connectivity index is 1.42. The number of hydrogen-bond acceptors (Lipinski definition) is 6. The van der Waals surface area contributed by atoms with Gasteiger partial charge in [0.15, 0.2) is 5.76 Å². The summed E-state index contributed by atoms with van der Waals surface area (Å²) in [5, 5.41) is 7.09. The molecule has 1 aromatic heterocycles. The predicted molar refractivity (Wildman–Crippen MR) is 122 cm³/mol. The van der Waals surface area contributed by atoms with Crippen LogP contribution in [0.15, 0.2) is 47.0 Å². The third kappa shape index (κ3) is 4.04. The van der Waals surface area contributed by atoms with Gasteiger partial charge in [0.05, 0.1) is 20.2 Å². The Morgan fingerprint density at radius 3 is 2.79 bits per heavy atom. The molecule has 0 radical (unpaired) electrons. The van der Waals surface area contributed by atoms with Crippen LogP contribution >= 0.6 is 0 Å². The van der Waals surface area contributed by atoms with E-state index in [0.717, 1.165) is 64.4 Å². The average Bonchev–Trinajstić information content (AvgIpc) is 3.36. The molecule has 1 saturated heterocycles. The van der Waals surface area contributed by atoms with Gasteiger partial charge < -0.3 is 19.3 Å². The number of anilines is 1. The van der Waals surface area contributed by atoms with E-state index >= 15 is 0 Å². The Labute approximate surface area is 191 Å². The van der Waals surface area contributed by atoms with Crippen LogP contribution in [0.1, 0.15) is 24.5 Å². The van der Waals surface area contributed by atoms with Gasteiger partial charge in [0.25, 0.3) is 0 Å². The summed E-state index contributed by atoms with van der Waals surface area (Å²) in [6.07, 6.45) is 1.90. The number of cyclic esters (lactones) is 1. The molecule has 2 heterocycles. The lowest BCUT2D eigenvalue weighted by molar-refractivity contribution is -0.119. The van der Waals surface area contributed by atoms with Crippen LogP contribution in [-0.4, -0.2) is 43.5 Å². The molecule has 0 spiro atoms. The molecule has 2 amide bonds. The maximum Gasteiger partial charge on any atom is 0.414 e. The summed E-state index contributed by atoms with van der Waals surface area (Å²) in [7, 11) is 1.65. The summed E-state index contributed by atoms with van der Waals surface area (Å²) in [6.45, 7) is 2.14. The zero-order chi connectivity index (χ0) is 22.9. The van der Waals surface area contributed by atoms with Crippen LogP contribution in [-0.2, 0) is 22.4 Å². The third-order valence-corrected chi connectivity index (χ3v) is 6.12. The molecular formula is C25H25N3O5. The van der Waals surface area contributed by atoms with E-state index in [9.17, 15) is 9.59 Å². The molecule has 0 saturated carbocycles. The van der Waals surface area contributed by atoms with Crippen molar-refractivity contribution in [2.75, 3.05) is 25.1 Å². The summed E-state index contributed by atoms with van der Waals surface area (Å²) in [4.78, 5) is 25.2. The molecule has 33 heavy (non-hydrogen) atoms. The van der Waals surface area contributed by atoms with Crippen LogP contribution in [0.25, 0.3) is 22.6 Å². The van der Waals surface area contributed by atoms with Crippen molar-refractivity contribution in [1.29, 1.82) is 0 Å². The summed E-state index contributed by atoms with van der Waals surface area (Å²) < 4.78 is 16.5. The largest absolute Gasteiger partial charge is 0.497 e.